The topological polar surface area (TPSA) is 70.9 Å². The number of imidazole rings is 1. The maximum atomic E-state index is 11.8. The zero-order valence-electron chi connectivity index (χ0n) is 14.0. The van der Waals surface area contributed by atoms with Gasteiger partial charge in [0.25, 0.3) is 0 Å². The van der Waals surface area contributed by atoms with E-state index in [0.29, 0.717) is 0 Å². The molecule has 1 aliphatic rings. The predicted molar refractivity (Wildman–Crippen MR) is 100 cm³/mol. The monoisotopic (exact) mass is 343 g/mol. The first kappa shape index (κ1) is 15.0. The molecule has 2 aromatic carbocycles. The summed E-state index contributed by atoms with van der Waals surface area (Å²) in [5, 5.41) is 12.2. The van der Waals surface area contributed by atoms with Gasteiger partial charge in [0.1, 0.15) is 0 Å². The summed E-state index contributed by atoms with van der Waals surface area (Å²) in [6, 6.07) is 18.7. The van der Waals surface area contributed by atoms with Crippen LogP contribution in [-0.2, 0) is 0 Å². The van der Waals surface area contributed by atoms with Crippen molar-refractivity contribution in [2.45, 2.75) is 18.4 Å². The Bertz CT molecular complexity index is 1160. The highest BCUT2D eigenvalue weighted by Crippen LogP contribution is 2.51. The summed E-state index contributed by atoms with van der Waals surface area (Å²) < 4.78 is 1.42. The number of fused-ring (bicyclic) bond motifs is 1. The van der Waals surface area contributed by atoms with Crippen molar-refractivity contribution in [1.82, 2.24) is 14.5 Å². The molecule has 1 aliphatic carbocycles. The van der Waals surface area contributed by atoms with Crippen LogP contribution in [0.15, 0.2) is 71.8 Å². The standard InChI is InChI=1S/C21H17N3O2/c25-20-12-23-21(26)24(20)19-10-17(19)16-7-8-18(22-11-16)15-6-5-13-3-1-2-4-14(13)9-15/h1-9,11-12,17,19,25H,10H2,(H,23,26). The van der Waals surface area contributed by atoms with Crippen molar-refractivity contribution in [1.29, 1.82) is 0 Å². The molecule has 2 heterocycles. The van der Waals surface area contributed by atoms with Gasteiger partial charge in [0.15, 0.2) is 0 Å². The number of nitrogens with zero attached hydrogens (tertiary/aromatic N) is 2. The number of rotatable bonds is 3. The average molecular weight is 343 g/mol. The van der Waals surface area contributed by atoms with Gasteiger partial charge in [-0.2, -0.15) is 0 Å². The van der Waals surface area contributed by atoms with Crippen LogP contribution in [0.5, 0.6) is 5.88 Å². The lowest BCUT2D eigenvalue weighted by molar-refractivity contribution is 0.413. The summed E-state index contributed by atoms with van der Waals surface area (Å²) in [6.07, 6.45) is 4.05. The molecule has 2 aromatic heterocycles. The molecule has 1 fully saturated rings. The Morgan fingerprint density at radius 3 is 2.65 bits per heavy atom. The SMILES string of the molecule is O=c1[nH]cc(O)n1C1CC1c1ccc(-c2ccc3ccccc3c2)nc1. The maximum Gasteiger partial charge on any atom is 0.328 e. The van der Waals surface area contributed by atoms with Crippen LogP contribution in [0.4, 0.5) is 0 Å². The van der Waals surface area contributed by atoms with Gasteiger partial charge in [-0.3, -0.25) is 9.55 Å². The van der Waals surface area contributed by atoms with Crippen molar-refractivity contribution in [3.63, 3.8) is 0 Å². The van der Waals surface area contributed by atoms with Crippen LogP contribution in [0.25, 0.3) is 22.0 Å². The third-order valence-corrected chi connectivity index (χ3v) is 5.14. The number of pyridine rings is 1. The molecule has 2 N–H and O–H groups in total. The first-order valence-corrected chi connectivity index (χ1v) is 8.65. The number of hydrogen-bond donors (Lipinski definition) is 2. The molecule has 5 heteroatoms. The molecule has 1 saturated carbocycles. The van der Waals surface area contributed by atoms with Gasteiger partial charge in [-0.05, 0) is 34.9 Å². The van der Waals surface area contributed by atoms with Gasteiger partial charge in [0.05, 0.1) is 11.9 Å². The van der Waals surface area contributed by atoms with Crippen LogP contribution < -0.4 is 5.69 Å². The van der Waals surface area contributed by atoms with Crippen molar-refractivity contribution >= 4 is 10.8 Å². The van der Waals surface area contributed by atoms with E-state index in [0.717, 1.165) is 23.2 Å². The minimum Gasteiger partial charge on any atom is -0.493 e. The Morgan fingerprint density at radius 1 is 1.08 bits per heavy atom. The predicted octanol–water partition coefficient (Wildman–Crippen LogP) is 3.83. The van der Waals surface area contributed by atoms with Crippen LogP contribution in [0, 0.1) is 0 Å². The largest absolute Gasteiger partial charge is 0.493 e. The van der Waals surface area contributed by atoms with Gasteiger partial charge in [-0.15, -0.1) is 0 Å². The molecule has 0 aliphatic heterocycles. The molecule has 0 bridgehead atoms. The lowest BCUT2D eigenvalue weighted by Crippen LogP contribution is -2.15. The smallest absolute Gasteiger partial charge is 0.328 e. The number of aromatic hydroxyl groups is 1. The highest BCUT2D eigenvalue weighted by Gasteiger charge is 2.42. The molecule has 26 heavy (non-hydrogen) atoms. The normalized spacial score (nSPS) is 18.9. The zero-order valence-corrected chi connectivity index (χ0v) is 14.0. The Labute approximate surface area is 149 Å². The molecule has 5 rings (SSSR count). The van der Waals surface area contributed by atoms with E-state index in [1.54, 1.807) is 0 Å². The quantitative estimate of drug-likeness (QED) is 0.594. The Balaban J connectivity index is 1.42. The summed E-state index contributed by atoms with van der Waals surface area (Å²) in [5.41, 5.74) is 2.84. The number of benzene rings is 2. The fraction of sp³-hybridized carbons (Fsp3) is 0.143. The molecule has 2 atom stereocenters. The first-order valence-electron chi connectivity index (χ1n) is 8.65. The van der Waals surface area contributed by atoms with Crippen molar-refractivity contribution in [2.24, 2.45) is 0 Å². The molecule has 0 saturated heterocycles. The van der Waals surface area contributed by atoms with E-state index in [4.69, 9.17) is 0 Å². The summed E-state index contributed by atoms with van der Waals surface area (Å²) in [6.45, 7) is 0. The Kier molecular flexibility index (Phi) is 3.22. The molecule has 0 radical (unpaired) electrons. The second-order valence-electron chi connectivity index (χ2n) is 6.77. The van der Waals surface area contributed by atoms with Gasteiger partial charge in [0, 0.05) is 23.7 Å². The summed E-state index contributed by atoms with van der Waals surface area (Å²) in [5.74, 6) is 0.204. The fourth-order valence-corrected chi connectivity index (χ4v) is 3.66. The molecular weight excluding hydrogens is 326 g/mol. The Morgan fingerprint density at radius 2 is 1.92 bits per heavy atom. The van der Waals surface area contributed by atoms with E-state index in [-0.39, 0.29) is 23.5 Å². The van der Waals surface area contributed by atoms with Crippen LogP contribution >= 0.6 is 0 Å². The number of nitrogens with one attached hydrogen (secondary N) is 1. The third kappa shape index (κ3) is 2.40. The minimum absolute atomic E-state index is 0.00192. The van der Waals surface area contributed by atoms with Crippen molar-refractivity contribution < 1.29 is 5.11 Å². The number of hydrogen-bond acceptors (Lipinski definition) is 3. The molecular formula is C21H17N3O2. The maximum absolute atomic E-state index is 11.8. The first-order chi connectivity index (χ1) is 12.7. The highest BCUT2D eigenvalue weighted by molar-refractivity contribution is 5.86. The van der Waals surface area contributed by atoms with Gasteiger partial charge >= 0.3 is 5.69 Å². The number of aromatic amines is 1. The molecule has 4 aromatic rings. The van der Waals surface area contributed by atoms with Crippen molar-refractivity contribution in [3.8, 4) is 17.1 Å². The molecule has 0 spiro atoms. The van der Waals surface area contributed by atoms with Crippen LogP contribution in [0.3, 0.4) is 0 Å². The summed E-state index contributed by atoms with van der Waals surface area (Å²) >= 11 is 0. The number of aromatic nitrogens is 3. The minimum atomic E-state index is -0.268. The van der Waals surface area contributed by atoms with Crippen molar-refractivity contribution in [2.75, 3.05) is 0 Å². The van der Waals surface area contributed by atoms with E-state index in [1.807, 2.05) is 24.4 Å². The second-order valence-corrected chi connectivity index (χ2v) is 6.77. The average Bonchev–Trinajstić information content (AvgIpc) is 3.39. The van der Waals surface area contributed by atoms with Crippen LogP contribution in [-0.4, -0.2) is 19.6 Å². The van der Waals surface area contributed by atoms with E-state index < -0.39 is 0 Å². The molecule has 0 amide bonds. The molecule has 2 unspecified atom stereocenters. The summed E-state index contributed by atoms with van der Waals surface area (Å²) in [7, 11) is 0. The third-order valence-electron chi connectivity index (χ3n) is 5.14. The van der Waals surface area contributed by atoms with Gasteiger partial charge in [0.2, 0.25) is 5.88 Å². The molecule has 128 valence electrons. The number of H-pyrrole nitrogens is 1. The van der Waals surface area contributed by atoms with Crippen molar-refractivity contribution in [3.05, 3.63) is 83.0 Å². The van der Waals surface area contributed by atoms with Crippen LogP contribution in [0.2, 0.25) is 0 Å². The van der Waals surface area contributed by atoms with E-state index >= 15 is 0 Å². The van der Waals surface area contributed by atoms with E-state index in [2.05, 4.69) is 46.4 Å². The fourth-order valence-electron chi connectivity index (χ4n) is 3.66. The lowest BCUT2D eigenvalue weighted by atomic mass is 10.0. The summed E-state index contributed by atoms with van der Waals surface area (Å²) in [4.78, 5) is 18.9. The zero-order chi connectivity index (χ0) is 17.7. The van der Waals surface area contributed by atoms with Gasteiger partial charge < -0.3 is 10.1 Å². The Hall–Kier alpha value is -3.34. The lowest BCUT2D eigenvalue weighted by Gasteiger charge is -2.06. The molecule has 5 nitrogen and oxygen atoms in total. The van der Waals surface area contributed by atoms with E-state index in [1.165, 1.54) is 21.5 Å². The van der Waals surface area contributed by atoms with Gasteiger partial charge in [-0.1, -0.05) is 42.5 Å². The van der Waals surface area contributed by atoms with Crippen LogP contribution in [0.1, 0.15) is 23.9 Å². The van der Waals surface area contributed by atoms with Gasteiger partial charge in [-0.25, -0.2) is 4.79 Å². The van der Waals surface area contributed by atoms with E-state index in [9.17, 15) is 9.90 Å². The highest BCUT2D eigenvalue weighted by atomic mass is 16.3. The second kappa shape index (κ2) is 5.59.